The molecule has 0 aromatic heterocycles. The minimum atomic E-state index is -0.499. The Bertz CT molecular complexity index is 765. The zero-order valence-electron chi connectivity index (χ0n) is 19.0. The second-order valence-electron chi connectivity index (χ2n) is 9.81. The van der Waals surface area contributed by atoms with Crippen LogP contribution in [0.5, 0.6) is 0 Å². The Labute approximate surface area is 185 Å². The molecule has 31 heavy (non-hydrogen) atoms. The second-order valence-corrected chi connectivity index (χ2v) is 9.81. The smallest absolute Gasteiger partial charge is 0.410 e. The number of rotatable bonds is 3. The van der Waals surface area contributed by atoms with E-state index in [1.807, 2.05) is 39.0 Å². The molecule has 3 aliphatic rings. The molecule has 3 aliphatic heterocycles. The molecule has 170 valence electrons. The number of nitrogens with zero attached hydrogens (tertiary/aromatic N) is 3. The van der Waals surface area contributed by atoms with Gasteiger partial charge in [0.25, 0.3) is 0 Å². The third-order valence-corrected chi connectivity index (χ3v) is 6.50. The summed E-state index contributed by atoms with van der Waals surface area (Å²) >= 11 is 0. The number of amides is 3. The molecule has 0 N–H and O–H groups in total. The van der Waals surface area contributed by atoms with E-state index >= 15 is 0 Å². The second kappa shape index (κ2) is 9.07. The van der Waals surface area contributed by atoms with Crippen molar-refractivity contribution in [2.24, 2.45) is 0 Å². The van der Waals surface area contributed by atoms with Crippen molar-refractivity contribution in [1.82, 2.24) is 14.7 Å². The number of ether oxygens (including phenoxy) is 2. The Morgan fingerprint density at radius 2 is 1.65 bits per heavy atom. The zero-order chi connectivity index (χ0) is 22.0. The highest BCUT2D eigenvalue weighted by atomic mass is 16.6. The van der Waals surface area contributed by atoms with Gasteiger partial charge in [-0.2, -0.15) is 0 Å². The van der Waals surface area contributed by atoms with Crippen LogP contribution in [0.25, 0.3) is 0 Å². The van der Waals surface area contributed by atoms with Gasteiger partial charge in [0, 0.05) is 44.9 Å². The SMILES string of the molecule is CC(C)(C)OC(=O)N1CCC(N2C(=O)N(C3CCOCC3)C[C@H]2c2ccccc2)CC1. The van der Waals surface area contributed by atoms with Crippen LogP contribution in [0.15, 0.2) is 30.3 Å². The zero-order valence-corrected chi connectivity index (χ0v) is 19.0. The first kappa shape index (κ1) is 21.9. The standard InChI is InChI=1S/C24H35N3O4/c1-24(2,3)31-23(29)25-13-9-20(10-14-25)27-21(18-7-5-4-6-8-18)17-26(22(27)28)19-11-15-30-16-12-19/h4-8,19-21H,9-17H2,1-3H3/t21-/m0/s1. The lowest BCUT2D eigenvalue weighted by molar-refractivity contribution is 0.0156. The van der Waals surface area contributed by atoms with Gasteiger partial charge in [0.05, 0.1) is 6.04 Å². The van der Waals surface area contributed by atoms with Crippen LogP contribution in [0.2, 0.25) is 0 Å². The first-order valence-electron chi connectivity index (χ1n) is 11.5. The summed E-state index contributed by atoms with van der Waals surface area (Å²) in [6, 6.07) is 10.9. The lowest BCUT2D eigenvalue weighted by Crippen LogP contribution is -2.50. The number of likely N-dealkylation sites (tertiary alicyclic amines) is 1. The van der Waals surface area contributed by atoms with Gasteiger partial charge in [0.15, 0.2) is 0 Å². The van der Waals surface area contributed by atoms with Crippen molar-refractivity contribution in [1.29, 1.82) is 0 Å². The Balaban J connectivity index is 1.48. The van der Waals surface area contributed by atoms with E-state index in [0.717, 1.165) is 45.4 Å². The number of hydrogen-bond donors (Lipinski definition) is 0. The van der Waals surface area contributed by atoms with Crippen molar-refractivity contribution in [3.05, 3.63) is 35.9 Å². The highest BCUT2D eigenvalue weighted by Crippen LogP contribution is 2.37. The number of piperidine rings is 1. The lowest BCUT2D eigenvalue weighted by Gasteiger charge is -2.39. The Kier molecular flexibility index (Phi) is 6.42. The van der Waals surface area contributed by atoms with Gasteiger partial charge >= 0.3 is 12.1 Å². The van der Waals surface area contributed by atoms with Crippen molar-refractivity contribution in [3.8, 4) is 0 Å². The molecule has 1 aromatic carbocycles. The molecule has 1 aromatic rings. The van der Waals surface area contributed by atoms with Crippen molar-refractivity contribution in [2.75, 3.05) is 32.8 Å². The monoisotopic (exact) mass is 429 g/mol. The largest absolute Gasteiger partial charge is 0.444 e. The van der Waals surface area contributed by atoms with Crippen LogP contribution in [-0.4, -0.2) is 77.4 Å². The summed E-state index contributed by atoms with van der Waals surface area (Å²) in [4.78, 5) is 32.0. The summed E-state index contributed by atoms with van der Waals surface area (Å²) in [6.07, 6.45) is 3.09. The molecule has 0 saturated carbocycles. The third-order valence-electron chi connectivity index (χ3n) is 6.50. The van der Waals surface area contributed by atoms with E-state index in [-0.39, 0.29) is 30.2 Å². The average Bonchev–Trinajstić information content (AvgIpc) is 3.11. The summed E-state index contributed by atoms with van der Waals surface area (Å²) < 4.78 is 11.0. The molecule has 3 heterocycles. The quantitative estimate of drug-likeness (QED) is 0.727. The molecule has 1 atom stereocenters. The topological polar surface area (TPSA) is 62.3 Å². The summed E-state index contributed by atoms with van der Waals surface area (Å²) in [6.45, 7) is 9.04. The normalized spacial score (nSPS) is 24.0. The fraction of sp³-hybridized carbons (Fsp3) is 0.667. The molecular formula is C24H35N3O4. The minimum absolute atomic E-state index is 0.0506. The van der Waals surface area contributed by atoms with Crippen LogP contribution in [-0.2, 0) is 9.47 Å². The van der Waals surface area contributed by atoms with Crippen LogP contribution < -0.4 is 0 Å². The fourth-order valence-electron chi connectivity index (χ4n) is 4.94. The predicted octanol–water partition coefficient (Wildman–Crippen LogP) is 4.04. The molecular weight excluding hydrogens is 394 g/mol. The Morgan fingerprint density at radius 1 is 1.00 bits per heavy atom. The third kappa shape index (κ3) is 4.97. The van der Waals surface area contributed by atoms with Gasteiger partial charge in [-0.05, 0) is 52.0 Å². The van der Waals surface area contributed by atoms with E-state index in [9.17, 15) is 9.59 Å². The van der Waals surface area contributed by atoms with E-state index < -0.39 is 5.60 Å². The summed E-state index contributed by atoms with van der Waals surface area (Å²) in [5.41, 5.74) is 0.682. The van der Waals surface area contributed by atoms with Crippen LogP contribution >= 0.6 is 0 Å². The minimum Gasteiger partial charge on any atom is -0.444 e. The van der Waals surface area contributed by atoms with Crippen LogP contribution in [0, 0.1) is 0 Å². The van der Waals surface area contributed by atoms with E-state index in [2.05, 4.69) is 21.9 Å². The molecule has 7 nitrogen and oxygen atoms in total. The molecule has 0 spiro atoms. The summed E-state index contributed by atoms with van der Waals surface area (Å²) in [5.74, 6) is 0. The van der Waals surface area contributed by atoms with Gasteiger partial charge < -0.3 is 24.2 Å². The fourth-order valence-corrected chi connectivity index (χ4v) is 4.94. The maximum atomic E-state index is 13.6. The average molecular weight is 430 g/mol. The Hall–Kier alpha value is -2.28. The lowest BCUT2D eigenvalue weighted by atomic mass is 9.99. The maximum absolute atomic E-state index is 13.6. The highest BCUT2D eigenvalue weighted by molar-refractivity contribution is 5.78. The van der Waals surface area contributed by atoms with Crippen LogP contribution in [0.3, 0.4) is 0 Å². The van der Waals surface area contributed by atoms with E-state index in [1.165, 1.54) is 5.56 Å². The van der Waals surface area contributed by atoms with Crippen molar-refractivity contribution >= 4 is 12.1 Å². The molecule has 0 bridgehead atoms. The maximum Gasteiger partial charge on any atom is 0.410 e. The summed E-state index contributed by atoms with van der Waals surface area (Å²) in [5, 5.41) is 0. The number of carbonyl (C=O) groups is 2. The van der Waals surface area contributed by atoms with E-state index in [1.54, 1.807) is 4.90 Å². The van der Waals surface area contributed by atoms with Gasteiger partial charge in [0.2, 0.25) is 0 Å². The van der Waals surface area contributed by atoms with Crippen molar-refractivity contribution < 1.29 is 19.1 Å². The number of carbonyl (C=O) groups excluding carboxylic acids is 2. The molecule has 0 radical (unpaired) electrons. The summed E-state index contributed by atoms with van der Waals surface area (Å²) in [7, 11) is 0. The van der Waals surface area contributed by atoms with Gasteiger partial charge in [-0.1, -0.05) is 30.3 Å². The highest BCUT2D eigenvalue weighted by Gasteiger charge is 2.45. The number of urea groups is 1. The molecule has 0 unspecified atom stereocenters. The predicted molar refractivity (Wildman–Crippen MR) is 118 cm³/mol. The van der Waals surface area contributed by atoms with Gasteiger partial charge in [-0.25, -0.2) is 9.59 Å². The van der Waals surface area contributed by atoms with Gasteiger partial charge in [0.1, 0.15) is 5.60 Å². The molecule has 3 fully saturated rings. The van der Waals surface area contributed by atoms with Crippen molar-refractivity contribution in [2.45, 2.75) is 70.2 Å². The number of hydrogen-bond acceptors (Lipinski definition) is 4. The molecule has 7 heteroatoms. The molecule has 0 aliphatic carbocycles. The van der Waals surface area contributed by atoms with Crippen LogP contribution in [0.1, 0.15) is 58.1 Å². The van der Waals surface area contributed by atoms with Gasteiger partial charge in [-0.15, -0.1) is 0 Å². The van der Waals surface area contributed by atoms with Crippen molar-refractivity contribution in [3.63, 3.8) is 0 Å². The first-order chi connectivity index (χ1) is 14.8. The molecule has 3 saturated heterocycles. The molecule has 4 rings (SSSR count). The van der Waals surface area contributed by atoms with Gasteiger partial charge in [-0.3, -0.25) is 0 Å². The van der Waals surface area contributed by atoms with Crippen LogP contribution in [0.4, 0.5) is 9.59 Å². The van der Waals surface area contributed by atoms with E-state index in [4.69, 9.17) is 9.47 Å². The number of benzene rings is 1. The first-order valence-corrected chi connectivity index (χ1v) is 11.5. The van der Waals surface area contributed by atoms with E-state index in [0.29, 0.717) is 13.1 Å². The molecule has 3 amide bonds. The Morgan fingerprint density at radius 3 is 2.26 bits per heavy atom.